The number of rotatable bonds is 4. The van der Waals surface area contributed by atoms with Crippen LogP contribution in [0.5, 0.6) is 5.75 Å². The molecule has 0 aliphatic rings. The van der Waals surface area contributed by atoms with Crippen LogP contribution in [0, 0.1) is 5.82 Å². The number of hydrogen-bond acceptors (Lipinski definition) is 1. The molecular weight excluding hydrogens is 263 g/mol. The lowest BCUT2D eigenvalue weighted by atomic mass is 9.92. The molecule has 2 rings (SSSR count). The molecule has 0 radical (unpaired) electrons. The molecule has 0 aliphatic heterocycles. The fraction of sp³-hybridized carbons (Fsp3) is 0.250. The molecule has 0 saturated carbocycles. The summed E-state index contributed by atoms with van der Waals surface area (Å²) in [7, 11) is 1.56. The third-order valence-electron chi connectivity index (χ3n) is 3.25. The predicted molar refractivity (Wildman–Crippen MR) is 76.4 cm³/mol. The summed E-state index contributed by atoms with van der Waals surface area (Å²) in [4.78, 5) is 0. The normalized spacial score (nSPS) is 13.9. The van der Waals surface area contributed by atoms with Gasteiger partial charge in [-0.05, 0) is 23.8 Å². The highest BCUT2D eigenvalue weighted by atomic mass is 35.5. The van der Waals surface area contributed by atoms with Crippen LogP contribution in [-0.4, -0.2) is 7.11 Å². The second-order valence-electron chi connectivity index (χ2n) is 4.49. The summed E-state index contributed by atoms with van der Waals surface area (Å²) in [5.41, 5.74) is 1.80. The van der Waals surface area contributed by atoms with Gasteiger partial charge in [0.15, 0.2) is 0 Å². The van der Waals surface area contributed by atoms with Gasteiger partial charge in [0.1, 0.15) is 11.6 Å². The minimum atomic E-state index is -0.340. The lowest BCUT2D eigenvalue weighted by Gasteiger charge is -2.21. The van der Waals surface area contributed by atoms with Crippen LogP contribution in [0.3, 0.4) is 0 Å². The first-order valence-corrected chi connectivity index (χ1v) is 6.59. The Hall–Kier alpha value is -1.54. The van der Waals surface area contributed by atoms with E-state index in [9.17, 15) is 4.39 Å². The van der Waals surface area contributed by atoms with Gasteiger partial charge in [-0.15, -0.1) is 11.6 Å². The van der Waals surface area contributed by atoms with Gasteiger partial charge in [-0.1, -0.05) is 37.3 Å². The molecule has 0 spiro atoms. The Morgan fingerprint density at radius 3 is 2.42 bits per heavy atom. The van der Waals surface area contributed by atoms with Crippen molar-refractivity contribution in [2.24, 2.45) is 0 Å². The van der Waals surface area contributed by atoms with Crippen LogP contribution in [-0.2, 0) is 0 Å². The van der Waals surface area contributed by atoms with Crippen molar-refractivity contribution in [3.8, 4) is 5.75 Å². The molecule has 2 atom stereocenters. The molecule has 0 aliphatic carbocycles. The van der Waals surface area contributed by atoms with Crippen LogP contribution < -0.4 is 4.74 Å². The fourth-order valence-electron chi connectivity index (χ4n) is 2.12. The third-order valence-corrected chi connectivity index (χ3v) is 3.87. The number of methoxy groups -OCH3 is 1. The maximum Gasteiger partial charge on any atom is 0.123 e. The number of halogens is 2. The zero-order chi connectivity index (χ0) is 13.8. The van der Waals surface area contributed by atoms with Gasteiger partial charge in [0.2, 0.25) is 0 Å². The average Bonchev–Trinajstić information content (AvgIpc) is 2.46. The van der Waals surface area contributed by atoms with Crippen LogP contribution in [0.1, 0.15) is 29.3 Å². The van der Waals surface area contributed by atoms with E-state index in [4.69, 9.17) is 16.3 Å². The van der Waals surface area contributed by atoms with Crippen LogP contribution in [0.2, 0.25) is 0 Å². The predicted octanol–water partition coefficient (Wildman–Crippen LogP) is 4.92. The number of benzene rings is 2. The van der Waals surface area contributed by atoms with E-state index in [0.29, 0.717) is 11.3 Å². The van der Waals surface area contributed by atoms with Gasteiger partial charge in [-0.2, -0.15) is 0 Å². The van der Waals surface area contributed by atoms with Crippen molar-refractivity contribution in [3.05, 3.63) is 65.5 Å². The maximum atomic E-state index is 13.4. The van der Waals surface area contributed by atoms with Gasteiger partial charge in [0.05, 0.1) is 12.5 Å². The quantitative estimate of drug-likeness (QED) is 0.722. The van der Waals surface area contributed by atoms with Gasteiger partial charge in [-0.3, -0.25) is 0 Å². The Balaban J connectivity index is 2.33. The van der Waals surface area contributed by atoms with E-state index < -0.39 is 0 Å². The van der Waals surface area contributed by atoms with Gasteiger partial charge < -0.3 is 4.74 Å². The van der Waals surface area contributed by atoms with Gasteiger partial charge in [-0.25, -0.2) is 4.39 Å². The molecule has 2 unspecified atom stereocenters. The molecule has 0 N–H and O–H groups in total. The van der Waals surface area contributed by atoms with E-state index in [1.54, 1.807) is 13.2 Å². The maximum absolute atomic E-state index is 13.4. The Morgan fingerprint density at radius 1 is 1.11 bits per heavy atom. The minimum Gasteiger partial charge on any atom is -0.496 e. The van der Waals surface area contributed by atoms with Crippen molar-refractivity contribution in [2.75, 3.05) is 7.11 Å². The summed E-state index contributed by atoms with van der Waals surface area (Å²) >= 11 is 6.50. The fourth-order valence-corrected chi connectivity index (χ4v) is 2.43. The first-order valence-electron chi connectivity index (χ1n) is 6.16. The van der Waals surface area contributed by atoms with Gasteiger partial charge in [0.25, 0.3) is 0 Å². The summed E-state index contributed by atoms with van der Waals surface area (Å²) in [6.45, 7) is 2.03. The van der Waals surface area contributed by atoms with Crippen molar-refractivity contribution < 1.29 is 9.13 Å². The molecule has 0 heterocycles. The molecule has 2 aromatic rings. The van der Waals surface area contributed by atoms with Crippen LogP contribution in [0.15, 0.2) is 48.5 Å². The summed E-state index contributed by atoms with van der Waals surface area (Å²) in [5.74, 6) is 0.379. The average molecular weight is 279 g/mol. The highest BCUT2D eigenvalue weighted by molar-refractivity contribution is 6.21. The first-order chi connectivity index (χ1) is 9.13. The second kappa shape index (κ2) is 6.07. The highest BCUT2D eigenvalue weighted by Crippen LogP contribution is 2.40. The minimum absolute atomic E-state index is 0.0681. The summed E-state index contributed by atoms with van der Waals surface area (Å²) < 4.78 is 18.7. The van der Waals surface area contributed by atoms with E-state index >= 15 is 0 Å². The SMILES string of the molecule is COc1ccc(F)cc1C(Cl)C(C)c1ccccc1. The van der Waals surface area contributed by atoms with Gasteiger partial charge in [0, 0.05) is 11.5 Å². The molecule has 0 aromatic heterocycles. The van der Waals surface area contributed by atoms with E-state index in [1.165, 1.54) is 12.1 Å². The molecule has 0 fully saturated rings. The van der Waals surface area contributed by atoms with Crippen LogP contribution >= 0.6 is 11.6 Å². The largest absolute Gasteiger partial charge is 0.496 e. The standard InChI is InChI=1S/C16H16ClFO/c1-11(12-6-4-3-5-7-12)16(17)14-10-13(18)8-9-15(14)19-2/h3-11,16H,1-2H3. The number of ether oxygens (including phenoxy) is 1. The van der Waals surface area contributed by atoms with E-state index in [0.717, 1.165) is 5.56 Å². The zero-order valence-corrected chi connectivity index (χ0v) is 11.7. The van der Waals surface area contributed by atoms with E-state index in [-0.39, 0.29) is 17.1 Å². The third kappa shape index (κ3) is 3.07. The van der Waals surface area contributed by atoms with Crippen molar-refractivity contribution in [1.82, 2.24) is 0 Å². The summed E-state index contributed by atoms with van der Waals surface area (Å²) in [5, 5.41) is -0.340. The van der Waals surface area contributed by atoms with Crippen LogP contribution in [0.25, 0.3) is 0 Å². The van der Waals surface area contributed by atoms with E-state index in [2.05, 4.69) is 0 Å². The van der Waals surface area contributed by atoms with Crippen molar-refractivity contribution in [1.29, 1.82) is 0 Å². The molecular formula is C16H16ClFO. The summed E-state index contributed by atoms with van der Waals surface area (Å²) in [6.07, 6.45) is 0. The Morgan fingerprint density at radius 2 is 1.79 bits per heavy atom. The van der Waals surface area contributed by atoms with Crippen LogP contribution in [0.4, 0.5) is 4.39 Å². The Kier molecular flexibility index (Phi) is 4.43. The molecule has 0 bridgehead atoms. The molecule has 100 valence electrons. The lowest BCUT2D eigenvalue weighted by Crippen LogP contribution is -2.05. The molecule has 2 aromatic carbocycles. The van der Waals surface area contributed by atoms with Crippen molar-refractivity contribution in [3.63, 3.8) is 0 Å². The smallest absolute Gasteiger partial charge is 0.123 e. The second-order valence-corrected chi connectivity index (χ2v) is 4.96. The first kappa shape index (κ1) is 13.9. The highest BCUT2D eigenvalue weighted by Gasteiger charge is 2.22. The van der Waals surface area contributed by atoms with Gasteiger partial charge >= 0.3 is 0 Å². The number of hydrogen-bond donors (Lipinski definition) is 0. The molecule has 0 saturated heterocycles. The number of alkyl halides is 1. The molecule has 3 heteroatoms. The monoisotopic (exact) mass is 278 g/mol. The van der Waals surface area contributed by atoms with Crippen molar-refractivity contribution >= 4 is 11.6 Å². The molecule has 1 nitrogen and oxygen atoms in total. The Labute approximate surface area is 118 Å². The molecule has 19 heavy (non-hydrogen) atoms. The van der Waals surface area contributed by atoms with Crippen molar-refractivity contribution in [2.45, 2.75) is 18.2 Å². The topological polar surface area (TPSA) is 9.23 Å². The van der Waals surface area contributed by atoms with E-state index in [1.807, 2.05) is 37.3 Å². The zero-order valence-electron chi connectivity index (χ0n) is 10.9. The molecule has 0 amide bonds. The Bertz CT molecular complexity index is 542. The summed E-state index contributed by atoms with van der Waals surface area (Å²) in [6, 6.07) is 14.4. The lowest BCUT2D eigenvalue weighted by molar-refractivity contribution is 0.406.